The lowest BCUT2D eigenvalue weighted by atomic mass is 10.1. The number of amides is 1. The number of benzene rings is 2. The Morgan fingerprint density at radius 1 is 1.21 bits per heavy atom. The van der Waals surface area contributed by atoms with Crippen molar-refractivity contribution in [3.05, 3.63) is 69.1 Å². The number of ether oxygens (including phenoxy) is 1. The number of aromatic nitrogens is 4. The van der Waals surface area contributed by atoms with Crippen LogP contribution < -0.4 is 15.7 Å². The van der Waals surface area contributed by atoms with Gasteiger partial charge in [-0.25, -0.2) is 4.79 Å². The summed E-state index contributed by atoms with van der Waals surface area (Å²) in [5, 5.41) is 12.0. The zero-order valence-corrected chi connectivity index (χ0v) is 16.7. The number of methoxy groups -OCH3 is 1. The zero-order chi connectivity index (χ0) is 20.4. The standard InChI is InChI=1S/C20H19N5O3S/c1-3-17-23-24-19(29-17)22-18(26)13-6-9-16-15(10-13)21-20(27)25(16)11-12-4-7-14(28-2)8-5-12/h4-10H,3,11H2,1-2H3,(H,21,27)(H,22,24,26). The van der Waals surface area contributed by atoms with Gasteiger partial charge in [0.05, 0.1) is 24.7 Å². The second-order valence-electron chi connectivity index (χ2n) is 6.40. The van der Waals surface area contributed by atoms with E-state index >= 15 is 0 Å². The molecule has 0 fully saturated rings. The highest BCUT2D eigenvalue weighted by Crippen LogP contribution is 2.19. The number of aromatic amines is 1. The van der Waals surface area contributed by atoms with Crippen molar-refractivity contribution < 1.29 is 9.53 Å². The monoisotopic (exact) mass is 409 g/mol. The molecule has 9 heteroatoms. The molecule has 0 bridgehead atoms. The molecule has 29 heavy (non-hydrogen) atoms. The third kappa shape index (κ3) is 3.90. The molecule has 4 aromatic rings. The second kappa shape index (κ2) is 7.88. The second-order valence-corrected chi connectivity index (χ2v) is 7.47. The van der Waals surface area contributed by atoms with Gasteiger partial charge in [0, 0.05) is 5.56 Å². The Morgan fingerprint density at radius 2 is 2.00 bits per heavy atom. The molecule has 0 aliphatic carbocycles. The van der Waals surface area contributed by atoms with Crippen molar-refractivity contribution in [3.8, 4) is 5.75 Å². The number of hydrogen-bond acceptors (Lipinski definition) is 6. The van der Waals surface area contributed by atoms with Gasteiger partial charge >= 0.3 is 5.69 Å². The molecule has 148 valence electrons. The molecular formula is C20H19N5O3S. The van der Waals surface area contributed by atoms with E-state index in [0.29, 0.717) is 22.8 Å². The maximum Gasteiger partial charge on any atom is 0.326 e. The number of carbonyl (C=O) groups is 1. The first kappa shape index (κ1) is 18.9. The van der Waals surface area contributed by atoms with Crippen molar-refractivity contribution in [2.75, 3.05) is 12.4 Å². The van der Waals surface area contributed by atoms with Crippen LogP contribution in [0.15, 0.2) is 47.3 Å². The molecule has 0 aliphatic heterocycles. The molecule has 8 nitrogen and oxygen atoms in total. The zero-order valence-electron chi connectivity index (χ0n) is 15.9. The Bertz CT molecular complexity index is 1220. The third-order valence-electron chi connectivity index (χ3n) is 4.53. The van der Waals surface area contributed by atoms with Crippen molar-refractivity contribution in [1.82, 2.24) is 19.7 Å². The van der Waals surface area contributed by atoms with Crippen LogP contribution in [0.3, 0.4) is 0 Å². The first-order valence-electron chi connectivity index (χ1n) is 9.06. The van der Waals surface area contributed by atoms with E-state index in [2.05, 4.69) is 20.5 Å². The Morgan fingerprint density at radius 3 is 2.69 bits per heavy atom. The maximum atomic E-state index is 12.5. The molecule has 2 aromatic carbocycles. The predicted molar refractivity (Wildman–Crippen MR) is 112 cm³/mol. The van der Waals surface area contributed by atoms with Gasteiger partial charge in [-0.15, -0.1) is 10.2 Å². The van der Waals surface area contributed by atoms with Crippen molar-refractivity contribution in [1.29, 1.82) is 0 Å². The van der Waals surface area contributed by atoms with Crippen LogP contribution in [0.4, 0.5) is 5.13 Å². The number of hydrogen-bond donors (Lipinski definition) is 2. The summed E-state index contributed by atoms with van der Waals surface area (Å²) in [6.07, 6.45) is 0.766. The van der Waals surface area contributed by atoms with Crippen LogP contribution >= 0.6 is 11.3 Å². The Balaban J connectivity index is 1.58. The molecular weight excluding hydrogens is 390 g/mol. The summed E-state index contributed by atoms with van der Waals surface area (Å²) in [7, 11) is 1.61. The van der Waals surface area contributed by atoms with Gasteiger partial charge in [-0.2, -0.15) is 0 Å². The summed E-state index contributed by atoms with van der Waals surface area (Å²) < 4.78 is 6.80. The minimum Gasteiger partial charge on any atom is -0.497 e. The van der Waals surface area contributed by atoms with Crippen LogP contribution in [0.5, 0.6) is 5.75 Å². The summed E-state index contributed by atoms with van der Waals surface area (Å²) in [6, 6.07) is 12.7. The van der Waals surface area contributed by atoms with Gasteiger partial charge < -0.3 is 9.72 Å². The number of nitrogens with one attached hydrogen (secondary N) is 2. The van der Waals surface area contributed by atoms with Gasteiger partial charge in [-0.1, -0.05) is 30.4 Å². The van der Waals surface area contributed by atoms with Gasteiger partial charge in [-0.05, 0) is 42.3 Å². The van der Waals surface area contributed by atoms with Gasteiger partial charge in [-0.3, -0.25) is 14.7 Å². The molecule has 0 saturated heterocycles. The summed E-state index contributed by atoms with van der Waals surface area (Å²) in [6.45, 7) is 2.39. The van der Waals surface area contributed by atoms with Crippen LogP contribution in [0, 0.1) is 0 Å². The van der Waals surface area contributed by atoms with Crippen LogP contribution in [-0.4, -0.2) is 32.8 Å². The van der Waals surface area contributed by atoms with Gasteiger partial charge in [0.2, 0.25) is 5.13 Å². The third-order valence-corrected chi connectivity index (χ3v) is 5.51. The van der Waals surface area contributed by atoms with Crippen molar-refractivity contribution in [2.24, 2.45) is 0 Å². The lowest BCUT2D eigenvalue weighted by molar-refractivity contribution is 0.102. The number of fused-ring (bicyclic) bond motifs is 1. The van der Waals surface area contributed by atoms with Gasteiger partial charge in [0.1, 0.15) is 10.8 Å². The normalized spacial score (nSPS) is 11.0. The van der Waals surface area contributed by atoms with Gasteiger partial charge in [0.15, 0.2) is 0 Å². The van der Waals surface area contributed by atoms with Crippen LogP contribution in [0.2, 0.25) is 0 Å². The number of anilines is 1. The van der Waals surface area contributed by atoms with E-state index < -0.39 is 0 Å². The summed E-state index contributed by atoms with van der Waals surface area (Å²) in [5.74, 6) is 0.464. The minimum atomic E-state index is -0.297. The lowest BCUT2D eigenvalue weighted by Gasteiger charge is -2.06. The molecule has 0 saturated carbocycles. The Kier molecular flexibility index (Phi) is 5.13. The molecule has 2 aromatic heterocycles. The highest BCUT2D eigenvalue weighted by molar-refractivity contribution is 7.15. The number of H-pyrrole nitrogens is 1. The molecule has 0 spiro atoms. The fraction of sp³-hybridized carbons (Fsp3) is 0.200. The van der Waals surface area contributed by atoms with E-state index in [-0.39, 0.29) is 11.6 Å². The first-order chi connectivity index (χ1) is 14.1. The number of imidazole rings is 1. The van der Waals surface area contributed by atoms with Crippen molar-refractivity contribution in [2.45, 2.75) is 19.9 Å². The van der Waals surface area contributed by atoms with Crippen LogP contribution in [0.1, 0.15) is 27.9 Å². The van der Waals surface area contributed by atoms with E-state index in [1.54, 1.807) is 29.9 Å². The average molecular weight is 409 g/mol. The molecule has 0 atom stereocenters. The largest absolute Gasteiger partial charge is 0.497 e. The lowest BCUT2D eigenvalue weighted by Crippen LogP contribution is -2.17. The summed E-state index contributed by atoms with van der Waals surface area (Å²) in [4.78, 5) is 27.8. The van der Waals surface area contributed by atoms with E-state index in [0.717, 1.165) is 28.3 Å². The average Bonchev–Trinajstić information content (AvgIpc) is 3.32. The molecule has 2 heterocycles. The van der Waals surface area contributed by atoms with E-state index in [1.165, 1.54) is 11.3 Å². The highest BCUT2D eigenvalue weighted by atomic mass is 32.1. The smallest absolute Gasteiger partial charge is 0.326 e. The van der Waals surface area contributed by atoms with Crippen LogP contribution in [-0.2, 0) is 13.0 Å². The first-order valence-corrected chi connectivity index (χ1v) is 9.88. The summed E-state index contributed by atoms with van der Waals surface area (Å²) >= 11 is 1.34. The topological polar surface area (TPSA) is 102 Å². The van der Waals surface area contributed by atoms with Crippen molar-refractivity contribution in [3.63, 3.8) is 0 Å². The number of aryl methyl sites for hydroxylation is 1. The minimum absolute atomic E-state index is 0.231. The SMILES string of the molecule is CCc1nnc(NC(=O)c2ccc3c(c2)[nH]c(=O)n3Cc2ccc(OC)cc2)s1. The van der Waals surface area contributed by atoms with E-state index in [9.17, 15) is 9.59 Å². The number of carbonyl (C=O) groups excluding carboxylic acids is 1. The van der Waals surface area contributed by atoms with Gasteiger partial charge in [0.25, 0.3) is 5.91 Å². The van der Waals surface area contributed by atoms with E-state index in [1.807, 2.05) is 31.2 Å². The number of nitrogens with zero attached hydrogens (tertiary/aromatic N) is 3. The number of rotatable bonds is 6. The quantitative estimate of drug-likeness (QED) is 0.510. The highest BCUT2D eigenvalue weighted by Gasteiger charge is 2.13. The molecule has 2 N–H and O–H groups in total. The fourth-order valence-electron chi connectivity index (χ4n) is 2.99. The molecule has 0 radical (unpaired) electrons. The molecule has 1 amide bonds. The molecule has 0 unspecified atom stereocenters. The predicted octanol–water partition coefficient (Wildman–Crippen LogP) is 3.05. The fourth-order valence-corrected chi connectivity index (χ4v) is 3.67. The Labute approximate surface area is 170 Å². The van der Waals surface area contributed by atoms with E-state index in [4.69, 9.17) is 4.74 Å². The molecule has 4 rings (SSSR count). The van der Waals surface area contributed by atoms with Crippen molar-refractivity contribution >= 4 is 33.4 Å². The molecule has 0 aliphatic rings. The Hall–Kier alpha value is -3.46. The van der Waals surface area contributed by atoms with Crippen LogP contribution in [0.25, 0.3) is 11.0 Å². The maximum absolute atomic E-state index is 12.5. The summed E-state index contributed by atoms with van der Waals surface area (Å²) in [5.41, 5.74) is 2.50.